The maximum Gasteiger partial charge on any atom is 0.251 e. The Morgan fingerprint density at radius 1 is 0.968 bits per heavy atom. The molecule has 5 rings (SSSR count). The summed E-state index contributed by atoms with van der Waals surface area (Å²) >= 11 is 0. The zero-order valence-electron chi connectivity index (χ0n) is 17.4. The van der Waals surface area contributed by atoms with Crippen molar-refractivity contribution >= 4 is 28.4 Å². The molecule has 1 heterocycles. The molecule has 2 N–H and O–H groups in total. The average Bonchev–Trinajstić information content (AvgIpc) is 3.69. The van der Waals surface area contributed by atoms with Crippen molar-refractivity contribution in [3.63, 3.8) is 0 Å². The third-order valence-corrected chi connectivity index (χ3v) is 5.84. The van der Waals surface area contributed by atoms with Crippen LogP contribution >= 0.6 is 0 Å². The maximum absolute atomic E-state index is 12.8. The van der Waals surface area contributed by atoms with Gasteiger partial charge < -0.3 is 10.6 Å². The molecule has 31 heavy (non-hydrogen) atoms. The Morgan fingerprint density at radius 2 is 1.77 bits per heavy atom. The average molecular weight is 415 g/mol. The Kier molecular flexibility index (Phi) is 5.38. The Hall–Kier alpha value is -3.25. The van der Waals surface area contributed by atoms with Gasteiger partial charge >= 0.3 is 0 Å². The van der Waals surface area contributed by atoms with Gasteiger partial charge in [-0.05, 0) is 67.6 Å². The monoisotopic (exact) mass is 414 g/mol. The molecule has 2 fully saturated rings. The number of pyridine rings is 1. The molecule has 2 aromatic carbocycles. The first-order valence-corrected chi connectivity index (χ1v) is 10.9. The first-order chi connectivity index (χ1) is 15.2. The molecule has 0 bridgehead atoms. The highest BCUT2D eigenvalue weighted by atomic mass is 16.2. The van der Waals surface area contributed by atoms with Crippen molar-refractivity contribution in [3.8, 4) is 0 Å². The molecule has 0 unspecified atom stereocenters. The fraction of sp³-hybridized carbons (Fsp3) is 0.320. The maximum atomic E-state index is 12.8. The molecule has 0 atom stereocenters. The first kappa shape index (κ1) is 19.7. The topological polar surface area (TPSA) is 74.3 Å². The van der Waals surface area contributed by atoms with Crippen LogP contribution in [0.25, 0.3) is 10.9 Å². The number of fused-ring (bicyclic) bond motifs is 1. The lowest BCUT2D eigenvalue weighted by Crippen LogP contribution is -2.34. The fourth-order valence-corrected chi connectivity index (χ4v) is 3.83. The molecule has 6 nitrogen and oxygen atoms in total. The third kappa shape index (κ3) is 4.91. The van der Waals surface area contributed by atoms with E-state index in [1.807, 2.05) is 54.6 Å². The van der Waals surface area contributed by atoms with E-state index in [9.17, 15) is 9.59 Å². The minimum Gasteiger partial charge on any atom is -0.349 e. The van der Waals surface area contributed by atoms with E-state index in [4.69, 9.17) is 0 Å². The van der Waals surface area contributed by atoms with Gasteiger partial charge in [0.15, 0.2) is 0 Å². The summed E-state index contributed by atoms with van der Waals surface area (Å²) in [5, 5.41) is 7.01. The predicted molar refractivity (Wildman–Crippen MR) is 121 cm³/mol. The number of carbonyl (C=O) groups excluding carboxylic acids is 2. The molecule has 2 aliphatic carbocycles. The molecule has 0 saturated heterocycles. The van der Waals surface area contributed by atoms with Crippen molar-refractivity contribution in [3.05, 3.63) is 71.9 Å². The van der Waals surface area contributed by atoms with Crippen LogP contribution in [0.15, 0.2) is 60.8 Å². The Morgan fingerprint density at radius 3 is 2.52 bits per heavy atom. The van der Waals surface area contributed by atoms with E-state index in [-0.39, 0.29) is 11.8 Å². The summed E-state index contributed by atoms with van der Waals surface area (Å²) in [6, 6.07) is 18.1. The van der Waals surface area contributed by atoms with Crippen molar-refractivity contribution in [1.29, 1.82) is 0 Å². The molecular formula is C25H26N4O2. The van der Waals surface area contributed by atoms with Gasteiger partial charge in [-0.1, -0.05) is 18.2 Å². The Labute approximate surface area is 181 Å². The summed E-state index contributed by atoms with van der Waals surface area (Å²) in [7, 11) is 0. The van der Waals surface area contributed by atoms with Crippen LogP contribution in [-0.2, 0) is 11.3 Å². The van der Waals surface area contributed by atoms with Gasteiger partial charge in [0.2, 0.25) is 5.91 Å². The lowest BCUT2D eigenvalue weighted by molar-refractivity contribution is -0.117. The summed E-state index contributed by atoms with van der Waals surface area (Å²) < 4.78 is 0. The number of aromatic nitrogens is 1. The highest BCUT2D eigenvalue weighted by Crippen LogP contribution is 2.29. The number of hydrogen-bond acceptors (Lipinski definition) is 4. The molecule has 2 amide bonds. The number of nitrogens with one attached hydrogen (secondary N) is 2. The van der Waals surface area contributed by atoms with E-state index in [0.29, 0.717) is 30.7 Å². The minimum absolute atomic E-state index is 0.00273. The third-order valence-electron chi connectivity index (χ3n) is 5.84. The van der Waals surface area contributed by atoms with Gasteiger partial charge in [-0.15, -0.1) is 0 Å². The SMILES string of the molecule is O=C(CN(Cc1ccc(C(=O)NC2CC2)cc1)C1CC1)Nc1cccc2ncccc12. The van der Waals surface area contributed by atoms with Crippen LogP contribution < -0.4 is 10.6 Å². The number of carbonyl (C=O) groups is 2. The van der Waals surface area contributed by atoms with Gasteiger partial charge in [-0.25, -0.2) is 0 Å². The van der Waals surface area contributed by atoms with Crippen LogP contribution in [-0.4, -0.2) is 40.3 Å². The summed E-state index contributed by atoms with van der Waals surface area (Å²) in [5.74, 6) is -0.0271. The minimum atomic E-state index is -0.0244. The zero-order chi connectivity index (χ0) is 21.2. The summed E-state index contributed by atoms with van der Waals surface area (Å²) in [5.41, 5.74) is 3.45. The predicted octanol–water partition coefficient (Wildman–Crippen LogP) is 3.73. The molecule has 2 saturated carbocycles. The fourth-order valence-electron chi connectivity index (χ4n) is 3.83. The van der Waals surface area contributed by atoms with E-state index in [1.165, 1.54) is 0 Å². The van der Waals surface area contributed by atoms with Crippen LogP contribution in [0.1, 0.15) is 41.6 Å². The first-order valence-electron chi connectivity index (χ1n) is 10.9. The number of amides is 2. The molecule has 1 aromatic heterocycles. The molecule has 0 spiro atoms. The second-order valence-electron chi connectivity index (χ2n) is 8.50. The van der Waals surface area contributed by atoms with Crippen molar-refractivity contribution in [2.75, 3.05) is 11.9 Å². The van der Waals surface area contributed by atoms with Gasteiger partial charge in [0.25, 0.3) is 5.91 Å². The number of rotatable bonds is 8. The van der Waals surface area contributed by atoms with Crippen LogP contribution in [0.5, 0.6) is 0 Å². The van der Waals surface area contributed by atoms with Gasteiger partial charge in [0.1, 0.15) is 0 Å². The number of benzene rings is 2. The van der Waals surface area contributed by atoms with Gasteiger partial charge in [0, 0.05) is 35.8 Å². The molecule has 158 valence electrons. The Balaban J connectivity index is 1.22. The standard InChI is InChI=1S/C25H26N4O2/c30-24(28-23-5-1-4-22-21(23)3-2-14-26-22)16-29(20-12-13-20)15-17-6-8-18(9-7-17)25(31)27-19-10-11-19/h1-9,14,19-20H,10-13,15-16H2,(H,27,31)(H,28,30). The smallest absolute Gasteiger partial charge is 0.251 e. The van der Waals surface area contributed by atoms with E-state index >= 15 is 0 Å². The molecule has 3 aromatic rings. The zero-order valence-corrected chi connectivity index (χ0v) is 17.4. The number of nitrogens with zero attached hydrogens (tertiary/aromatic N) is 2. The van der Waals surface area contributed by atoms with Crippen molar-refractivity contribution in [1.82, 2.24) is 15.2 Å². The van der Waals surface area contributed by atoms with Crippen molar-refractivity contribution in [2.24, 2.45) is 0 Å². The lowest BCUT2D eigenvalue weighted by Gasteiger charge is -2.22. The van der Waals surface area contributed by atoms with Crippen LogP contribution in [0.4, 0.5) is 5.69 Å². The second-order valence-corrected chi connectivity index (χ2v) is 8.50. The highest BCUT2D eigenvalue weighted by molar-refractivity contribution is 6.01. The van der Waals surface area contributed by atoms with Crippen molar-refractivity contribution < 1.29 is 9.59 Å². The summed E-state index contributed by atoms with van der Waals surface area (Å²) in [4.78, 5) is 31.6. The van der Waals surface area contributed by atoms with E-state index < -0.39 is 0 Å². The molecule has 0 radical (unpaired) electrons. The summed E-state index contributed by atoms with van der Waals surface area (Å²) in [6.45, 7) is 1.03. The molecule has 2 aliphatic rings. The normalized spacial score (nSPS) is 15.8. The van der Waals surface area contributed by atoms with E-state index in [0.717, 1.165) is 47.8 Å². The van der Waals surface area contributed by atoms with Gasteiger partial charge in [-0.2, -0.15) is 0 Å². The van der Waals surface area contributed by atoms with Crippen LogP contribution in [0.3, 0.4) is 0 Å². The number of anilines is 1. The molecule has 6 heteroatoms. The van der Waals surface area contributed by atoms with Gasteiger partial charge in [-0.3, -0.25) is 19.5 Å². The number of hydrogen-bond donors (Lipinski definition) is 2. The lowest BCUT2D eigenvalue weighted by atomic mass is 10.1. The van der Waals surface area contributed by atoms with Crippen LogP contribution in [0, 0.1) is 0 Å². The van der Waals surface area contributed by atoms with Crippen LogP contribution in [0.2, 0.25) is 0 Å². The Bertz CT molecular complexity index is 1100. The van der Waals surface area contributed by atoms with Gasteiger partial charge in [0.05, 0.1) is 17.7 Å². The van der Waals surface area contributed by atoms with E-state index in [1.54, 1.807) is 6.20 Å². The highest BCUT2D eigenvalue weighted by Gasteiger charge is 2.30. The molecule has 0 aliphatic heterocycles. The second kappa shape index (κ2) is 8.47. The summed E-state index contributed by atoms with van der Waals surface area (Å²) in [6.07, 6.45) is 6.15. The largest absolute Gasteiger partial charge is 0.349 e. The molecular weight excluding hydrogens is 388 g/mol. The van der Waals surface area contributed by atoms with Crippen molar-refractivity contribution in [2.45, 2.75) is 44.3 Å². The van der Waals surface area contributed by atoms with E-state index in [2.05, 4.69) is 20.5 Å². The quantitative estimate of drug-likeness (QED) is 0.589.